The number of H-pyrrole nitrogens is 1. The van der Waals surface area contributed by atoms with Crippen molar-refractivity contribution < 1.29 is 0 Å². The van der Waals surface area contributed by atoms with Crippen LogP contribution in [0, 0.1) is 0 Å². The molecule has 3 nitrogen and oxygen atoms in total. The molecule has 1 fully saturated rings. The average Bonchev–Trinajstić information content (AvgIpc) is 2.85. The lowest BCUT2D eigenvalue weighted by atomic mass is 9.92. The molecule has 3 N–H and O–H groups in total. The molecule has 0 saturated carbocycles. The maximum Gasteiger partial charge on any atom is 0.0494 e. The van der Waals surface area contributed by atoms with Crippen molar-refractivity contribution in [3.63, 3.8) is 0 Å². The zero-order valence-electron chi connectivity index (χ0n) is 10.9. The second-order valence-electron chi connectivity index (χ2n) is 5.11. The second-order valence-corrected chi connectivity index (χ2v) is 5.11. The van der Waals surface area contributed by atoms with E-state index in [2.05, 4.69) is 53.1 Å². The van der Waals surface area contributed by atoms with Crippen molar-refractivity contribution >= 4 is 10.9 Å². The molecule has 0 bridgehead atoms. The number of aromatic amines is 1. The molecular formula is C15H21N3. The van der Waals surface area contributed by atoms with Gasteiger partial charge in [-0.05, 0) is 38.1 Å². The van der Waals surface area contributed by atoms with Gasteiger partial charge in [0.1, 0.15) is 0 Å². The SMILES string of the molecule is CNC(c1c[nH]c2ccccc12)C1CCCCN1. The van der Waals surface area contributed by atoms with E-state index in [1.54, 1.807) is 0 Å². The number of likely N-dealkylation sites (N-methyl/N-ethyl adjacent to an activating group) is 1. The van der Waals surface area contributed by atoms with Gasteiger partial charge in [0, 0.05) is 29.2 Å². The lowest BCUT2D eigenvalue weighted by molar-refractivity contribution is 0.327. The fourth-order valence-corrected chi connectivity index (χ4v) is 3.09. The summed E-state index contributed by atoms with van der Waals surface area (Å²) in [6.07, 6.45) is 6.05. The summed E-state index contributed by atoms with van der Waals surface area (Å²) in [7, 11) is 2.06. The number of piperidine rings is 1. The minimum Gasteiger partial charge on any atom is -0.361 e. The highest BCUT2D eigenvalue weighted by atomic mass is 15.0. The van der Waals surface area contributed by atoms with Crippen molar-refractivity contribution in [2.45, 2.75) is 31.3 Å². The molecule has 1 saturated heterocycles. The van der Waals surface area contributed by atoms with E-state index in [1.165, 1.54) is 35.7 Å². The van der Waals surface area contributed by atoms with Crippen molar-refractivity contribution in [2.75, 3.05) is 13.6 Å². The Labute approximate surface area is 108 Å². The molecule has 2 heterocycles. The summed E-state index contributed by atoms with van der Waals surface area (Å²) < 4.78 is 0. The standard InChI is InChI=1S/C15H21N3/c1-16-15(14-8-4-5-9-17-14)12-10-18-13-7-3-2-6-11(12)13/h2-3,6-7,10,14-18H,4-5,8-9H2,1H3. The lowest BCUT2D eigenvalue weighted by Crippen LogP contribution is -2.43. The van der Waals surface area contributed by atoms with Crippen LogP contribution in [0.3, 0.4) is 0 Å². The molecule has 1 aliphatic rings. The van der Waals surface area contributed by atoms with Crippen LogP contribution in [0.2, 0.25) is 0 Å². The Morgan fingerprint density at radius 1 is 1.28 bits per heavy atom. The van der Waals surface area contributed by atoms with Crippen molar-refractivity contribution in [1.29, 1.82) is 0 Å². The molecule has 2 aromatic rings. The molecule has 1 aliphatic heterocycles. The number of rotatable bonds is 3. The topological polar surface area (TPSA) is 39.9 Å². The van der Waals surface area contributed by atoms with E-state index in [1.807, 2.05) is 0 Å². The monoisotopic (exact) mass is 243 g/mol. The first-order valence-corrected chi connectivity index (χ1v) is 6.87. The molecule has 2 atom stereocenters. The van der Waals surface area contributed by atoms with E-state index in [0.29, 0.717) is 12.1 Å². The van der Waals surface area contributed by atoms with Crippen LogP contribution in [-0.4, -0.2) is 24.6 Å². The number of benzene rings is 1. The molecule has 0 spiro atoms. The van der Waals surface area contributed by atoms with Crippen molar-refractivity contribution in [3.05, 3.63) is 36.0 Å². The highest BCUT2D eigenvalue weighted by Crippen LogP contribution is 2.28. The van der Waals surface area contributed by atoms with Crippen LogP contribution < -0.4 is 10.6 Å². The molecular weight excluding hydrogens is 222 g/mol. The number of aromatic nitrogens is 1. The average molecular weight is 243 g/mol. The molecule has 96 valence electrons. The van der Waals surface area contributed by atoms with E-state index in [0.717, 1.165) is 6.54 Å². The Morgan fingerprint density at radius 3 is 2.94 bits per heavy atom. The van der Waals surface area contributed by atoms with Crippen LogP contribution in [0.5, 0.6) is 0 Å². The van der Waals surface area contributed by atoms with Gasteiger partial charge in [-0.1, -0.05) is 24.6 Å². The molecule has 18 heavy (non-hydrogen) atoms. The van der Waals surface area contributed by atoms with E-state index in [-0.39, 0.29) is 0 Å². The van der Waals surface area contributed by atoms with Gasteiger partial charge in [0.2, 0.25) is 0 Å². The molecule has 0 amide bonds. The fraction of sp³-hybridized carbons (Fsp3) is 0.467. The van der Waals surface area contributed by atoms with E-state index >= 15 is 0 Å². The molecule has 3 rings (SSSR count). The van der Waals surface area contributed by atoms with Crippen molar-refractivity contribution in [2.24, 2.45) is 0 Å². The third-order valence-electron chi connectivity index (χ3n) is 4.02. The van der Waals surface area contributed by atoms with Crippen molar-refractivity contribution in [1.82, 2.24) is 15.6 Å². The second kappa shape index (κ2) is 5.12. The number of nitrogens with one attached hydrogen (secondary N) is 3. The van der Waals surface area contributed by atoms with Crippen LogP contribution in [-0.2, 0) is 0 Å². The van der Waals surface area contributed by atoms with Gasteiger partial charge in [-0.25, -0.2) is 0 Å². The normalized spacial score (nSPS) is 22.2. The Bertz CT molecular complexity index is 511. The van der Waals surface area contributed by atoms with Gasteiger partial charge < -0.3 is 15.6 Å². The summed E-state index contributed by atoms with van der Waals surface area (Å²) in [6, 6.07) is 9.47. The van der Waals surface area contributed by atoms with Gasteiger partial charge in [-0.3, -0.25) is 0 Å². The summed E-state index contributed by atoms with van der Waals surface area (Å²) in [5, 5.41) is 8.47. The molecule has 0 radical (unpaired) electrons. The molecule has 3 heteroatoms. The summed E-state index contributed by atoms with van der Waals surface area (Å²) in [4.78, 5) is 3.37. The van der Waals surface area contributed by atoms with E-state index in [4.69, 9.17) is 0 Å². The maximum atomic E-state index is 3.65. The van der Waals surface area contributed by atoms with Gasteiger partial charge in [-0.2, -0.15) is 0 Å². The minimum absolute atomic E-state index is 0.390. The lowest BCUT2D eigenvalue weighted by Gasteiger charge is -2.31. The molecule has 1 aromatic heterocycles. The molecule has 1 aromatic carbocycles. The molecule has 0 aliphatic carbocycles. The first-order valence-electron chi connectivity index (χ1n) is 6.87. The van der Waals surface area contributed by atoms with Gasteiger partial charge in [0.15, 0.2) is 0 Å². The Kier molecular flexibility index (Phi) is 3.35. The Hall–Kier alpha value is -1.32. The first kappa shape index (κ1) is 11.8. The zero-order valence-corrected chi connectivity index (χ0v) is 10.9. The predicted molar refractivity (Wildman–Crippen MR) is 75.7 cm³/mol. The minimum atomic E-state index is 0.390. The largest absolute Gasteiger partial charge is 0.361 e. The van der Waals surface area contributed by atoms with Crippen molar-refractivity contribution in [3.8, 4) is 0 Å². The van der Waals surface area contributed by atoms with E-state index < -0.39 is 0 Å². The fourth-order valence-electron chi connectivity index (χ4n) is 3.09. The van der Waals surface area contributed by atoms with Gasteiger partial charge in [0.25, 0.3) is 0 Å². The maximum absolute atomic E-state index is 3.65. The number of fused-ring (bicyclic) bond motifs is 1. The summed E-state index contributed by atoms with van der Waals surface area (Å²) in [5.74, 6) is 0. The smallest absolute Gasteiger partial charge is 0.0494 e. The highest BCUT2D eigenvalue weighted by molar-refractivity contribution is 5.83. The highest BCUT2D eigenvalue weighted by Gasteiger charge is 2.25. The summed E-state index contributed by atoms with van der Waals surface area (Å²) in [6.45, 7) is 1.14. The third kappa shape index (κ3) is 2.04. The van der Waals surface area contributed by atoms with Gasteiger partial charge in [0.05, 0.1) is 0 Å². The van der Waals surface area contributed by atoms with Gasteiger partial charge >= 0.3 is 0 Å². The number of hydrogen-bond acceptors (Lipinski definition) is 2. The zero-order chi connectivity index (χ0) is 12.4. The molecule has 2 unspecified atom stereocenters. The first-order chi connectivity index (χ1) is 8.90. The summed E-state index contributed by atoms with van der Waals surface area (Å²) >= 11 is 0. The van der Waals surface area contributed by atoms with Crippen LogP contribution in [0.25, 0.3) is 10.9 Å². The third-order valence-corrected chi connectivity index (χ3v) is 4.02. The number of hydrogen-bond donors (Lipinski definition) is 3. The van der Waals surface area contributed by atoms with Crippen LogP contribution in [0.15, 0.2) is 30.5 Å². The Morgan fingerprint density at radius 2 is 2.17 bits per heavy atom. The van der Waals surface area contributed by atoms with Crippen LogP contribution in [0.1, 0.15) is 30.9 Å². The summed E-state index contributed by atoms with van der Waals surface area (Å²) in [5.41, 5.74) is 2.61. The number of para-hydroxylation sites is 1. The van der Waals surface area contributed by atoms with E-state index in [9.17, 15) is 0 Å². The Balaban J connectivity index is 1.95. The van der Waals surface area contributed by atoms with Gasteiger partial charge in [-0.15, -0.1) is 0 Å². The quantitative estimate of drug-likeness (QED) is 0.775. The van der Waals surface area contributed by atoms with Crippen LogP contribution in [0.4, 0.5) is 0 Å². The van der Waals surface area contributed by atoms with Crippen LogP contribution >= 0.6 is 0 Å². The predicted octanol–water partition coefficient (Wildman–Crippen LogP) is 2.57.